The van der Waals surface area contributed by atoms with Crippen LogP contribution in [0.25, 0.3) is 0 Å². The lowest BCUT2D eigenvalue weighted by Gasteiger charge is -2.10. The van der Waals surface area contributed by atoms with Crippen molar-refractivity contribution in [3.8, 4) is 0 Å². The van der Waals surface area contributed by atoms with E-state index in [4.69, 9.17) is 5.73 Å². The first-order chi connectivity index (χ1) is 8.85. The van der Waals surface area contributed by atoms with Gasteiger partial charge in [-0.25, -0.2) is 17.5 Å². The summed E-state index contributed by atoms with van der Waals surface area (Å²) in [6, 6.07) is 2.19. The number of nitrogens with two attached hydrogens (primary N) is 1. The van der Waals surface area contributed by atoms with E-state index in [0.717, 1.165) is 25.3 Å². The Morgan fingerprint density at radius 2 is 2.21 bits per heavy atom. The SMILES string of the molecule is CCCC1CC1NS(=O)(=O)c1cc(Br)c(F)cc1N. The molecular weight excluding hydrogens is 335 g/mol. The molecular formula is C12H16BrFN2O2S. The molecule has 1 aromatic rings. The van der Waals surface area contributed by atoms with Gasteiger partial charge in [-0.15, -0.1) is 0 Å². The van der Waals surface area contributed by atoms with Crippen molar-refractivity contribution in [2.24, 2.45) is 5.92 Å². The lowest BCUT2D eigenvalue weighted by Crippen LogP contribution is -2.28. The van der Waals surface area contributed by atoms with Crippen molar-refractivity contribution in [1.29, 1.82) is 0 Å². The van der Waals surface area contributed by atoms with Gasteiger partial charge in [-0.1, -0.05) is 13.3 Å². The highest BCUT2D eigenvalue weighted by Crippen LogP contribution is 2.36. The normalized spacial score (nSPS) is 22.5. The van der Waals surface area contributed by atoms with Crippen LogP contribution in [0.15, 0.2) is 21.5 Å². The molecule has 3 N–H and O–H groups in total. The molecule has 0 saturated heterocycles. The highest BCUT2D eigenvalue weighted by Gasteiger charge is 2.39. The van der Waals surface area contributed by atoms with Gasteiger partial charge >= 0.3 is 0 Å². The Kier molecular flexibility index (Phi) is 4.17. The fourth-order valence-corrected chi connectivity index (χ4v) is 4.07. The standard InChI is InChI=1S/C12H16BrFN2O2S/c1-2-3-7-4-11(7)16-19(17,18)12-5-8(13)9(14)6-10(12)15/h5-7,11,16H,2-4,15H2,1H3. The van der Waals surface area contributed by atoms with Crippen LogP contribution in [-0.2, 0) is 10.0 Å². The summed E-state index contributed by atoms with van der Waals surface area (Å²) in [6.45, 7) is 2.07. The Bertz CT molecular complexity index is 592. The molecule has 1 saturated carbocycles. The fraction of sp³-hybridized carbons (Fsp3) is 0.500. The Balaban J connectivity index is 2.19. The van der Waals surface area contributed by atoms with Crippen LogP contribution in [0.4, 0.5) is 10.1 Å². The maximum atomic E-state index is 13.2. The molecule has 0 aromatic heterocycles. The zero-order valence-corrected chi connectivity index (χ0v) is 12.9. The maximum Gasteiger partial charge on any atom is 0.242 e. The molecule has 2 unspecified atom stereocenters. The summed E-state index contributed by atoms with van der Waals surface area (Å²) >= 11 is 2.97. The van der Waals surface area contributed by atoms with Crippen molar-refractivity contribution in [1.82, 2.24) is 4.72 Å². The third kappa shape index (κ3) is 3.27. The van der Waals surface area contributed by atoms with Gasteiger partial charge in [-0.3, -0.25) is 0 Å². The molecule has 106 valence electrons. The Hall–Kier alpha value is -0.660. The largest absolute Gasteiger partial charge is 0.398 e. The molecule has 7 heteroatoms. The number of benzene rings is 1. The summed E-state index contributed by atoms with van der Waals surface area (Å²) in [5.41, 5.74) is 5.50. The second-order valence-corrected chi connectivity index (χ2v) is 7.35. The van der Waals surface area contributed by atoms with E-state index < -0.39 is 15.8 Å². The number of anilines is 1. The minimum absolute atomic E-state index is 0.0202. The lowest BCUT2D eigenvalue weighted by atomic mass is 10.2. The zero-order valence-electron chi connectivity index (χ0n) is 10.5. The minimum atomic E-state index is -3.69. The predicted molar refractivity (Wildman–Crippen MR) is 75.6 cm³/mol. The summed E-state index contributed by atoms with van der Waals surface area (Å²) in [4.78, 5) is -0.0806. The van der Waals surface area contributed by atoms with Gasteiger partial charge in [0.05, 0.1) is 10.2 Å². The van der Waals surface area contributed by atoms with Crippen molar-refractivity contribution < 1.29 is 12.8 Å². The first-order valence-electron chi connectivity index (χ1n) is 6.12. The van der Waals surface area contributed by atoms with Crippen molar-refractivity contribution >= 4 is 31.6 Å². The lowest BCUT2D eigenvalue weighted by molar-refractivity contribution is 0.572. The van der Waals surface area contributed by atoms with Crippen LogP contribution in [0.1, 0.15) is 26.2 Å². The minimum Gasteiger partial charge on any atom is -0.398 e. The summed E-state index contributed by atoms with van der Waals surface area (Å²) in [6.07, 6.45) is 2.90. The van der Waals surface area contributed by atoms with E-state index in [0.29, 0.717) is 5.92 Å². The van der Waals surface area contributed by atoms with Crippen molar-refractivity contribution in [3.63, 3.8) is 0 Å². The van der Waals surface area contributed by atoms with Crippen LogP contribution in [0.2, 0.25) is 0 Å². The quantitative estimate of drug-likeness (QED) is 0.801. The Labute approximate surface area is 120 Å². The molecule has 2 rings (SSSR count). The van der Waals surface area contributed by atoms with Gasteiger partial charge in [0, 0.05) is 6.04 Å². The third-order valence-electron chi connectivity index (χ3n) is 3.23. The van der Waals surface area contributed by atoms with Crippen LogP contribution < -0.4 is 10.5 Å². The van der Waals surface area contributed by atoms with Gasteiger partial charge in [0.25, 0.3) is 0 Å². The summed E-state index contributed by atoms with van der Waals surface area (Å²) < 4.78 is 40.3. The number of nitrogen functional groups attached to an aromatic ring is 1. The first-order valence-corrected chi connectivity index (χ1v) is 8.39. The summed E-state index contributed by atoms with van der Waals surface area (Å²) in [7, 11) is -3.69. The monoisotopic (exact) mass is 350 g/mol. The van der Waals surface area contributed by atoms with Crippen molar-refractivity contribution in [2.75, 3.05) is 5.73 Å². The summed E-state index contributed by atoms with van der Waals surface area (Å²) in [5, 5.41) is 0. The third-order valence-corrected chi connectivity index (χ3v) is 5.38. The number of hydrogen-bond donors (Lipinski definition) is 2. The molecule has 19 heavy (non-hydrogen) atoms. The van der Waals surface area contributed by atoms with E-state index >= 15 is 0 Å². The average molecular weight is 351 g/mol. The molecule has 0 amide bonds. The first kappa shape index (κ1) is 14.7. The molecule has 1 aromatic carbocycles. The van der Waals surface area contributed by atoms with Crippen molar-refractivity contribution in [2.45, 2.75) is 37.1 Å². The second kappa shape index (κ2) is 5.38. The van der Waals surface area contributed by atoms with Crippen LogP contribution in [0.5, 0.6) is 0 Å². The van der Waals surface area contributed by atoms with E-state index in [2.05, 4.69) is 27.6 Å². The Morgan fingerprint density at radius 3 is 2.84 bits per heavy atom. The van der Waals surface area contributed by atoms with Gasteiger partial charge in [0.1, 0.15) is 10.7 Å². The van der Waals surface area contributed by atoms with E-state index in [1.54, 1.807) is 0 Å². The fourth-order valence-electron chi connectivity index (χ4n) is 2.12. The molecule has 0 heterocycles. The highest BCUT2D eigenvalue weighted by molar-refractivity contribution is 9.10. The molecule has 0 spiro atoms. The molecule has 1 aliphatic carbocycles. The zero-order chi connectivity index (χ0) is 14.2. The number of nitrogens with one attached hydrogen (secondary N) is 1. The van der Waals surface area contributed by atoms with Crippen LogP contribution in [0.3, 0.4) is 0 Å². The van der Waals surface area contributed by atoms with Gasteiger partial charge < -0.3 is 5.73 Å². The molecule has 0 aliphatic heterocycles. The summed E-state index contributed by atoms with van der Waals surface area (Å²) in [5.74, 6) is -0.170. The number of sulfonamides is 1. The molecule has 0 bridgehead atoms. The number of rotatable bonds is 5. The van der Waals surface area contributed by atoms with E-state index in [1.807, 2.05) is 0 Å². The van der Waals surface area contributed by atoms with Gasteiger partial charge in [0.15, 0.2) is 0 Å². The topological polar surface area (TPSA) is 72.2 Å². The number of hydrogen-bond acceptors (Lipinski definition) is 3. The molecule has 2 atom stereocenters. The van der Waals surface area contributed by atoms with Crippen LogP contribution in [-0.4, -0.2) is 14.5 Å². The highest BCUT2D eigenvalue weighted by atomic mass is 79.9. The maximum absolute atomic E-state index is 13.2. The Morgan fingerprint density at radius 1 is 1.53 bits per heavy atom. The second-order valence-electron chi connectivity index (χ2n) is 4.82. The molecule has 1 aliphatic rings. The average Bonchev–Trinajstić information content (AvgIpc) is 3.01. The van der Waals surface area contributed by atoms with Gasteiger partial charge in [-0.2, -0.15) is 0 Å². The number of halogens is 2. The molecule has 1 fully saturated rings. The molecule has 4 nitrogen and oxygen atoms in total. The van der Waals surface area contributed by atoms with E-state index in [1.165, 1.54) is 6.07 Å². The van der Waals surface area contributed by atoms with Gasteiger partial charge in [-0.05, 0) is 46.8 Å². The van der Waals surface area contributed by atoms with Crippen LogP contribution >= 0.6 is 15.9 Å². The van der Waals surface area contributed by atoms with Crippen molar-refractivity contribution in [3.05, 3.63) is 22.4 Å². The van der Waals surface area contributed by atoms with E-state index in [9.17, 15) is 12.8 Å². The van der Waals surface area contributed by atoms with Gasteiger partial charge in [0.2, 0.25) is 10.0 Å². The smallest absolute Gasteiger partial charge is 0.242 e. The molecule has 0 radical (unpaired) electrons. The van der Waals surface area contributed by atoms with Crippen LogP contribution in [0, 0.1) is 11.7 Å². The predicted octanol–water partition coefficient (Wildman–Crippen LogP) is 2.64. The van der Waals surface area contributed by atoms with E-state index in [-0.39, 0.29) is 21.1 Å².